The predicted octanol–water partition coefficient (Wildman–Crippen LogP) is 5.64. The lowest BCUT2D eigenvalue weighted by Crippen LogP contribution is -2.25. The number of hydrogen-bond acceptors (Lipinski definition) is 5. The first kappa shape index (κ1) is 23.5. The molecule has 0 aromatic heterocycles. The Balaban J connectivity index is 1.67. The molecule has 2 aromatic rings. The maximum Gasteiger partial charge on any atom is 0.310 e. The van der Waals surface area contributed by atoms with E-state index < -0.39 is 5.60 Å². The average molecular weight is 494 g/mol. The predicted molar refractivity (Wildman–Crippen MR) is 122 cm³/mol. The number of benzene rings is 2. The molecule has 168 valence electrons. The van der Waals surface area contributed by atoms with Crippen LogP contribution in [0.1, 0.15) is 44.7 Å². The molecule has 1 heterocycles. The summed E-state index contributed by atoms with van der Waals surface area (Å²) in [6.07, 6.45) is 2.21. The second-order valence-corrected chi connectivity index (χ2v) is 9.52. The number of rotatable bonds is 8. The summed E-state index contributed by atoms with van der Waals surface area (Å²) < 4.78 is 32.7. The number of esters is 1. The Morgan fingerprint density at radius 2 is 2.03 bits per heavy atom. The van der Waals surface area contributed by atoms with Crippen molar-refractivity contribution in [3.8, 4) is 5.75 Å². The molecule has 0 radical (unpaired) electrons. The fourth-order valence-corrected chi connectivity index (χ4v) is 3.89. The molecule has 1 saturated heterocycles. The van der Waals surface area contributed by atoms with Gasteiger partial charge in [-0.2, -0.15) is 0 Å². The standard InChI is InChI=1S/C24H29BrFNO4/c1-24(2,3)31-22(28)12-16-7-4-5-9-21(16)30-15-17-11-18(25)13-20(23(17)26)27-14-19-8-6-10-29-19/h4-5,7,9,11,13,19,27H,6,8,10,12,14-15H2,1-3H3. The van der Waals surface area contributed by atoms with E-state index in [1.165, 1.54) is 0 Å². The summed E-state index contributed by atoms with van der Waals surface area (Å²) in [4.78, 5) is 12.2. The minimum Gasteiger partial charge on any atom is -0.488 e. The van der Waals surface area contributed by atoms with Crippen LogP contribution in [-0.4, -0.2) is 30.8 Å². The molecule has 1 fully saturated rings. The smallest absolute Gasteiger partial charge is 0.310 e. The molecule has 1 unspecified atom stereocenters. The summed E-state index contributed by atoms with van der Waals surface area (Å²) in [5.74, 6) is -0.162. The van der Waals surface area contributed by atoms with E-state index in [-0.39, 0.29) is 30.9 Å². The van der Waals surface area contributed by atoms with Crippen LogP contribution in [0.5, 0.6) is 5.75 Å². The van der Waals surface area contributed by atoms with Crippen molar-refractivity contribution in [1.82, 2.24) is 0 Å². The number of nitrogens with one attached hydrogen (secondary N) is 1. The fraction of sp³-hybridized carbons (Fsp3) is 0.458. The molecule has 7 heteroatoms. The van der Waals surface area contributed by atoms with E-state index in [1.807, 2.05) is 39.0 Å². The number of carbonyl (C=O) groups excluding carboxylic acids is 1. The summed E-state index contributed by atoms with van der Waals surface area (Å²) >= 11 is 3.45. The number of para-hydroxylation sites is 1. The topological polar surface area (TPSA) is 56.8 Å². The third-order valence-electron chi connectivity index (χ3n) is 4.77. The zero-order valence-corrected chi connectivity index (χ0v) is 19.8. The first-order chi connectivity index (χ1) is 14.7. The SMILES string of the molecule is CC(C)(C)OC(=O)Cc1ccccc1OCc1cc(Br)cc(NCC2CCCO2)c1F. The van der Waals surface area contributed by atoms with E-state index in [0.29, 0.717) is 29.1 Å². The normalized spacial score (nSPS) is 16.2. The summed E-state index contributed by atoms with van der Waals surface area (Å²) in [5.41, 5.74) is 0.963. The Morgan fingerprint density at radius 3 is 2.74 bits per heavy atom. The third-order valence-corrected chi connectivity index (χ3v) is 5.23. The summed E-state index contributed by atoms with van der Waals surface area (Å²) in [6.45, 7) is 6.84. The quantitative estimate of drug-likeness (QED) is 0.482. The van der Waals surface area contributed by atoms with Crippen LogP contribution < -0.4 is 10.1 Å². The Hall–Kier alpha value is -2.12. The molecule has 1 N–H and O–H groups in total. The lowest BCUT2D eigenvalue weighted by atomic mass is 10.1. The highest BCUT2D eigenvalue weighted by Crippen LogP contribution is 2.27. The fourth-order valence-electron chi connectivity index (χ4n) is 3.39. The van der Waals surface area contributed by atoms with Crippen LogP contribution in [0.25, 0.3) is 0 Å². The third kappa shape index (κ3) is 7.21. The highest BCUT2D eigenvalue weighted by Gasteiger charge is 2.19. The molecular formula is C24H29BrFNO4. The number of carbonyl (C=O) groups is 1. The van der Waals surface area contributed by atoms with Crippen LogP contribution in [0.15, 0.2) is 40.9 Å². The van der Waals surface area contributed by atoms with Crippen molar-refractivity contribution >= 4 is 27.6 Å². The molecule has 1 aliphatic heterocycles. The van der Waals surface area contributed by atoms with Crippen LogP contribution in [0, 0.1) is 5.82 Å². The number of halogens is 2. The molecule has 0 bridgehead atoms. The maximum atomic E-state index is 15.0. The van der Waals surface area contributed by atoms with Crippen LogP contribution in [0.4, 0.5) is 10.1 Å². The molecule has 1 atom stereocenters. The second kappa shape index (κ2) is 10.5. The van der Waals surface area contributed by atoms with Crippen LogP contribution in [0.3, 0.4) is 0 Å². The maximum absolute atomic E-state index is 15.0. The van der Waals surface area contributed by atoms with Gasteiger partial charge in [0.1, 0.15) is 18.0 Å². The molecule has 5 nitrogen and oxygen atoms in total. The summed E-state index contributed by atoms with van der Waals surface area (Å²) in [7, 11) is 0. The Morgan fingerprint density at radius 1 is 1.26 bits per heavy atom. The van der Waals surface area contributed by atoms with Gasteiger partial charge in [0.2, 0.25) is 0 Å². The van der Waals surface area contributed by atoms with Crippen molar-refractivity contribution in [2.45, 2.75) is 58.3 Å². The van der Waals surface area contributed by atoms with E-state index >= 15 is 4.39 Å². The Bertz CT molecular complexity index is 907. The molecule has 2 aromatic carbocycles. The summed E-state index contributed by atoms with van der Waals surface area (Å²) in [5, 5.41) is 3.15. The summed E-state index contributed by atoms with van der Waals surface area (Å²) in [6, 6.07) is 10.6. The zero-order valence-electron chi connectivity index (χ0n) is 18.2. The molecule has 31 heavy (non-hydrogen) atoms. The lowest BCUT2D eigenvalue weighted by Gasteiger charge is -2.20. The van der Waals surface area contributed by atoms with E-state index in [2.05, 4.69) is 21.2 Å². The van der Waals surface area contributed by atoms with Gasteiger partial charge in [-0.05, 0) is 51.8 Å². The van der Waals surface area contributed by atoms with Crippen molar-refractivity contribution < 1.29 is 23.4 Å². The van der Waals surface area contributed by atoms with Gasteiger partial charge in [0.05, 0.1) is 18.2 Å². The highest BCUT2D eigenvalue weighted by molar-refractivity contribution is 9.10. The van der Waals surface area contributed by atoms with Gasteiger partial charge < -0.3 is 19.5 Å². The Kier molecular flexibility index (Phi) is 7.94. The van der Waals surface area contributed by atoms with Gasteiger partial charge in [0, 0.05) is 28.8 Å². The van der Waals surface area contributed by atoms with Crippen molar-refractivity contribution in [1.29, 1.82) is 0 Å². The van der Waals surface area contributed by atoms with Gasteiger partial charge in [-0.15, -0.1) is 0 Å². The van der Waals surface area contributed by atoms with Gasteiger partial charge in [-0.1, -0.05) is 34.1 Å². The highest BCUT2D eigenvalue weighted by atomic mass is 79.9. The van der Waals surface area contributed by atoms with Crippen LogP contribution in [-0.2, 0) is 27.3 Å². The molecule has 0 amide bonds. The average Bonchev–Trinajstić information content (AvgIpc) is 3.20. The molecule has 1 aliphatic rings. The van der Waals surface area contributed by atoms with Gasteiger partial charge in [0.25, 0.3) is 0 Å². The van der Waals surface area contributed by atoms with E-state index in [1.54, 1.807) is 18.2 Å². The van der Waals surface area contributed by atoms with Crippen molar-refractivity contribution in [3.63, 3.8) is 0 Å². The van der Waals surface area contributed by atoms with Crippen molar-refractivity contribution in [2.75, 3.05) is 18.5 Å². The van der Waals surface area contributed by atoms with Gasteiger partial charge in [-0.3, -0.25) is 4.79 Å². The first-order valence-electron chi connectivity index (χ1n) is 10.5. The molecule has 0 saturated carbocycles. The van der Waals surface area contributed by atoms with E-state index in [0.717, 1.165) is 23.9 Å². The number of ether oxygens (including phenoxy) is 3. The van der Waals surface area contributed by atoms with E-state index in [9.17, 15) is 4.79 Å². The number of anilines is 1. The van der Waals surface area contributed by atoms with Gasteiger partial charge >= 0.3 is 5.97 Å². The van der Waals surface area contributed by atoms with Crippen molar-refractivity contribution in [3.05, 3.63) is 57.8 Å². The second-order valence-electron chi connectivity index (χ2n) is 8.60. The molecule has 0 aliphatic carbocycles. The van der Waals surface area contributed by atoms with Gasteiger partial charge in [-0.25, -0.2) is 4.39 Å². The minimum atomic E-state index is -0.556. The lowest BCUT2D eigenvalue weighted by molar-refractivity contribution is -0.153. The molecular weight excluding hydrogens is 465 g/mol. The van der Waals surface area contributed by atoms with E-state index in [4.69, 9.17) is 14.2 Å². The van der Waals surface area contributed by atoms with Crippen LogP contribution in [0.2, 0.25) is 0 Å². The minimum absolute atomic E-state index is 0.0330. The number of hydrogen-bond donors (Lipinski definition) is 1. The monoisotopic (exact) mass is 493 g/mol. The first-order valence-corrected chi connectivity index (χ1v) is 11.3. The largest absolute Gasteiger partial charge is 0.488 e. The zero-order chi connectivity index (χ0) is 22.4. The van der Waals surface area contributed by atoms with Crippen molar-refractivity contribution in [2.24, 2.45) is 0 Å². The van der Waals surface area contributed by atoms with Crippen LogP contribution >= 0.6 is 15.9 Å². The van der Waals surface area contributed by atoms with Gasteiger partial charge in [0.15, 0.2) is 5.82 Å². The molecule has 0 spiro atoms. The Labute approximate surface area is 191 Å². The molecule has 3 rings (SSSR count).